The lowest BCUT2D eigenvalue weighted by atomic mass is 9.67. The van der Waals surface area contributed by atoms with Gasteiger partial charge in [-0.2, -0.15) is 0 Å². The molecule has 0 heterocycles. The molecule has 0 aliphatic heterocycles. The van der Waals surface area contributed by atoms with Crippen molar-refractivity contribution < 1.29 is 5.11 Å². The van der Waals surface area contributed by atoms with Gasteiger partial charge in [0, 0.05) is 5.41 Å². The summed E-state index contributed by atoms with van der Waals surface area (Å²) < 4.78 is 0. The first-order valence-corrected chi connectivity index (χ1v) is 5.66. The van der Waals surface area contributed by atoms with E-state index in [4.69, 9.17) is 0 Å². The van der Waals surface area contributed by atoms with E-state index in [2.05, 4.69) is 26.5 Å². The topological polar surface area (TPSA) is 20.2 Å². The number of aliphatic hydroxyl groups is 1. The maximum absolute atomic E-state index is 10.5. The highest BCUT2D eigenvalue weighted by Crippen LogP contribution is 2.55. The van der Waals surface area contributed by atoms with Gasteiger partial charge in [-0.25, -0.2) is 0 Å². The molecule has 2 aliphatic rings. The van der Waals surface area contributed by atoms with E-state index >= 15 is 0 Å². The van der Waals surface area contributed by atoms with Gasteiger partial charge in [-0.3, -0.25) is 0 Å². The second-order valence-corrected chi connectivity index (χ2v) is 5.36. The molecule has 0 aromatic heterocycles. The molecule has 1 nitrogen and oxygen atoms in total. The molecule has 1 saturated carbocycles. The monoisotopic (exact) mass is 204 g/mol. The predicted molar refractivity (Wildman–Crippen MR) is 63.6 cm³/mol. The molecular formula is C14H20O. The van der Waals surface area contributed by atoms with Gasteiger partial charge in [-0.05, 0) is 44.3 Å². The zero-order valence-electron chi connectivity index (χ0n) is 9.93. The molecule has 1 fully saturated rings. The Kier molecular flexibility index (Phi) is 2.20. The average molecular weight is 204 g/mol. The van der Waals surface area contributed by atoms with E-state index in [1.807, 2.05) is 13.0 Å². The molecule has 82 valence electrons. The van der Waals surface area contributed by atoms with Crippen LogP contribution in [0.25, 0.3) is 0 Å². The lowest BCUT2D eigenvalue weighted by molar-refractivity contribution is -0.0220. The van der Waals surface area contributed by atoms with E-state index in [9.17, 15) is 5.11 Å². The maximum atomic E-state index is 10.5. The van der Waals surface area contributed by atoms with E-state index in [1.165, 1.54) is 16.7 Å². The van der Waals surface area contributed by atoms with Crippen LogP contribution in [-0.2, 0) is 0 Å². The summed E-state index contributed by atoms with van der Waals surface area (Å²) in [5.74, 6) is 0. The molecule has 0 bridgehead atoms. The van der Waals surface area contributed by atoms with E-state index in [0.29, 0.717) is 0 Å². The first-order chi connectivity index (χ1) is 6.90. The SMILES string of the molecule is C=CC1=C(C)C=C2CCC(C)(O)C2(C)C1. The second-order valence-electron chi connectivity index (χ2n) is 5.36. The summed E-state index contributed by atoms with van der Waals surface area (Å²) >= 11 is 0. The Morgan fingerprint density at radius 1 is 1.47 bits per heavy atom. The van der Waals surface area contributed by atoms with Crippen molar-refractivity contribution >= 4 is 0 Å². The van der Waals surface area contributed by atoms with E-state index in [1.54, 1.807) is 0 Å². The van der Waals surface area contributed by atoms with Crippen LogP contribution in [0.5, 0.6) is 0 Å². The standard InChI is InChI=1S/C14H20O/c1-5-11-9-13(3)12(8-10(11)2)6-7-14(13,4)15/h5,8,15H,1,6-7,9H2,2-4H3. The van der Waals surface area contributed by atoms with Crippen LogP contribution in [-0.4, -0.2) is 10.7 Å². The van der Waals surface area contributed by atoms with Crippen LogP contribution in [0.1, 0.15) is 40.0 Å². The molecule has 15 heavy (non-hydrogen) atoms. The van der Waals surface area contributed by atoms with Gasteiger partial charge >= 0.3 is 0 Å². The van der Waals surface area contributed by atoms with Gasteiger partial charge in [0.15, 0.2) is 0 Å². The van der Waals surface area contributed by atoms with Crippen LogP contribution < -0.4 is 0 Å². The Morgan fingerprint density at radius 3 is 2.73 bits per heavy atom. The van der Waals surface area contributed by atoms with Gasteiger partial charge < -0.3 is 5.11 Å². The minimum atomic E-state index is -0.562. The number of hydrogen-bond donors (Lipinski definition) is 1. The highest BCUT2D eigenvalue weighted by Gasteiger charge is 2.51. The van der Waals surface area contributed by atoms with Crippen molar-refractivity contribution in [3.63, 3.8) is 0 Å². The van der Waals surface area contributed by atoms with Gasteiger partial charge in [0.2, 0.25) is 0 Å². The molecule has 2 aliphatic carbocycles. The largest absolute Gasteiger partial charge is 0.389 e. The first-order valence-electron chi connectivity index (χ1n) is 5.66. The van der Waals surface area contributed by atoms with E-state index in [-0.39, 0.29) is 5.41 Å². The fourth-order valence-corrected chi connectivity index (χ4v) is 2.92. The molecule has 1 heteroatoms. The highest BCUT2D eigenvalue weighted by atomic mass is 16.3. The molecule has 0 radical (unpaired) electrons. The molecule has 1 N–H and O–H groups in total. The number of rotatable bonds is 1. The molecule has 0 saturated heterocycles. The van der Waals surface area contributed by atoms with Crippen molar-refractivity contribution in [3.05, 3.63) is 35.5 Å². The van der Waals surface area contributed by atoms with Crippen LogP contribution in [0.2, 0.25) is 0 Å². The van der Waals surface area contributed by atoms with Gasteiger partial charge in [0.25, 0.3) is 0 Å². The lowest BCUT2D eigenvalue weighted by Gasteiger charge is -2.40. The van der Waals surface area contributed by atoms with E-state index < -0.39 is 5.60 Å². The molecule has 0 amide bonds. The number of allylic oxidation sites excluding steroid dienone is 4. The third kappa shape index (κ3) is 1.33. The zero-order valence-corrected chi connectivity index (χ0v) is 9.93. The summed E-state index contributed by atoms with van der Waals surface area (Å²) in [6.07, 6.45) is 7.03. The number of hydrogen-bond acceptors (Lipinski definition) is 1. The summed E-state index contributed by atoms with van der Waals surface area (Å²) in [6, 6.07) is 0. The minimum absolute atomic E-state index is 0.0734. The van der Waals surface area contributed by atoms with Crippen LogP contribution in [0.3, 0.4) is 0 Å². The highest BCUT2D eigenvalue weighted by molar-refractivity contribution is 5.44. The van der Waals surface area contributed by atoms with Crippen LogP contribution in [0.15, 0.2) is 35.5 Å². The Hall–Kier alpha value is -0.820. The third-order valence-electron chi connectivity index (χ3n) is 4.47. The van der Waals surface area contributed by atoms with Crippen LogP contribution in [0.4, 0.5) is 0 Å². The van der Waals surface area contributed by atoms with Crippen LogP contribution >= 0.6 is 0 Å². The Morgan fingerprint density at radius 2 is 2.13 bits per heavy atom. The lowest BCUT2D eigenvalue weighted by Crippen LogP contribution is -2.40. The van der Waals surface area contributed by atoms with Crippen molar-refractivity contribution in [1.29, 1.82) is 0 Å². The van der Waals surface area contributed by atoms with Gasteiger partial charge in [-0.15, -0.1) is 0 Å². The molecule has 0 spiro atoms. The molecular weight excluding hydrogens is 184 g/mol. The van der Waals surface area contributed by atoms with Crippen molar-refractivity contribution in [3.8, 4) is 0 Å². The quantitative estimate of drug-likeness (QED) is 0.694. The molecule has 2 atom stereocenters. The summed E-state index contributed by atoms with van der Waals surface area (Å²) in [4.78, 5) is 0. The fourth-order valence-electron chi connectivity index (χ4n) is 2.92. The molecule has 2 rings (SSSR count). The van der Waals surface area contributed by atoms with E-state index in [0.717, 1.165) is 19.3 Å². The normalized spacial score (nSPS) is 40.1. The van der Waals surface area contributed by atoms with Gasteiger partial charge in [0.1, 0.15) is 0 Å². The maximum Gasteiger partial charge on any atom is 0.0716 e. The van der Waals surface area contributed by atoms with Crippen molar-refractivity contribution in [1.82, 2.24) is 0 Å². The van der Waals surface area contributed by atoms with Crippen molar-refractivity contribution in [2.24, 2.45) is 5.41 Å². The van der Waals surface area contributed by atoms with Gasteiger partial charge in [-0.1, -0.05) is 31.2 Å². The Labute approximate surface area is 92.2 Å². The molecule has 0 aromatic rings. The van der Waals surface area contributed by atoms with Gasteiger partial charge in [0.05, 0.1) is 5.60 Å². The van der Waals surface area contributed by atoms with Crippen molar-refractivity contribution in [2.75, 3.05) is 0 Å². The summed E-state index contributed by atoms with van der Waals surface area (Å²) in [7, 11) is 0. The first kappa shape index (κ1) is 10.7. The molecule has 2 unspecified atom stereocenters. The average Bonchev–Trinajstić information content (AvgIpc) is 2.39. The Balaban J connectivity index is 2.48. The summed E-state index contributed by atoms with van der Waals surface area (Å²) in [5, 5.41) is 10.5. The second kappa shape index (κ2) is 3.08. The predicted octanol–water partition coefficient (Wildman–Crippen LogP) is 3.37. The Bertz CT molecular complexity index is 371. The zero-order chi connectivity index (χ0) is 11.3. The summed E-state index contributed by atoms with van der Waals surface area (Å²) in [5.41, 5.74) is 3.37. The number of fused-ring (bicyclic) bond motifs is 1. The molecule has 0 aromatic carbocycles. The van der Waals surface area contributed by atoms with Crippen LogP contribution in [0, 0.1) is 5.41 Å². The minimum Gasteiger partial charge on any atom is -0.389 e. The smallest absolute Gasteiger partial charge is 0.0716 e. The fraction of sp³-hybridized carbons (Fsp3) is 0.571. The summed E-state index contributed by atoms with van der Waals surface area (Å²) in [6.45, 7) is 10.1. The van der Waals surface area contributed by atoms with Crippen molar-refractivity contribution in [2.45, 2.75) is 45.6 Å². The third-order valence-corrected chi connectivity index (χ3v) is 4.47.